The zero-order chi connectivity index (χ0) is 18.0. The number of rotatable bonds is 5. The molecule has 3 rings (SSSR count). The van der Waals surface area contributed by atoms with Crippen molar-refractivity contribution in [3.63, 3.8) is 0 Å². The first-order chi connectivity index (χ1) is 12.0. The lowest BCUT2D eigenvalue weighted by Gasteiger charge is -2.31. The molecule has 2 unspecified atom stereocenters. The first kappa shape index (κ1) is 18.2. The number of carbonyl (C=O) groups excluding carboxylic acids is 1. The fourth-order valence-corrected chi connectivity index (χ4v) is 4.87. The smallest absolute Gasteiger partial charge is 0.347 e. The van der Waals surface area contributed by atoms with Crippen molar-refractivity contribution in [1.82, 2.24) is 9.62 Å². The molecular formula is C17H24N2O5S. The normalized spacial score (nSPS) is 23.8. The van der Waals surface area contributed by atoms with Crippen molar-refractivity contribution in [2.24, 2.45) is 0 Å². The Balaban J connectivity index is 1.79. The van der Waals surface area contributed by atoms with E-state index in [2.05, 4.69) is 5.32 Å². The lowest BCUT2D eigenvalue weighted by molar-refractivity contribution is -0.150. The van der Waals surface area contributed by atoms with Crippen LogP contribution in [0.4, 0.5) is 0 Å². The van der Waals surface area contributed by atoms with Gasteiger partial charge < -0.3 is 14.8 Å². The number of fused-ring (bicyclic) bond motifs is 1. The topological polar surface area (TPSA) is 84.9 Å². The fraction of sp³-hybridized carbons (Fsp3) is 0.588. The van der Waals surface area contributed by atoms with Crippen LogP contribution in [-0.2, 0) is 26.0 Å². The standard InChI is InChI=1S/C17H24N2O5S/c1-3-23-17(20)16-10-12-9-14(6-7-15(12)24-16)25(21,22)19-8-4-5-13(11-19)18-2/h6-7,9,13,16,18H,3-5,8,10-11H2,1-2H3. The fourth-order valence-electron chi connectivity index (χ4n) is 3.30. The van der Waals surface area contributed by atoms with E-state index >= 15 is 0 Å². The number of likely N-dealkylation sites (N-methyl/N-ethyl adjacent to an activating group) is 1. The van der Waals surface area contributed by atoms with Crippen molar-refractivity contribution < 1.29 is 22.7 Å². The highest BCUT2D eigenvalue weighted by atomic mass is 32.2. The van der Waals surface area contributed by atoms with Gasteiger partial charge in [0.2, 0.25) is 10.0 Å². The zero-order valence-corrected chi connectivity index (χ0v) is 15.3. The third kappa shape index (κ3) is 3.65. The molecule has 0 radical (unpaired) electrons. The van der Waals surface area contributed by atoms with E-state index in [1.165, 1.54) is 4.31 Å². The molecule has 1 saturated heterocycles. The molecule has 2 aliphatic rings. The molecule has 0 aromatic heterocycles. The summed E-state index contributed by atoms with van der Waals surface area (Å²) in [5.74, 6) is 0.125. The molecule has 0 amide bonds. The van der Waals surface area contributed by atoms with Crippen molar-refractivity contribution in [2.75, 3.05) is 26.7 Å². The van der Waals surface area contributed by atoms with Gasteiger partial charge in [-0.15, -0.1) is 0 Å². The van der Waals surface area contributed by atoms with E-state index in [9.17, 15) is 13.2 Å². The molecule has 8 heteroatoms. The molecule has 25 heavy (non-hydrogen) atoms. The van der Waals surface area contributed by atoms with Gasteiger partial charge in [-0.1, -0.05) is 0 Å². The van der Waals surface area contributed by atoms with E-state index in [0.29, 0.717) is 25.3 Å². The molecule has 0 aliphatic carbocycles. The number of esters is 1. The molecule has 1 aromatic rings. The predicted molar refractivity (Wildman–Crippen MR) is 92.0 cm³/mol. The summed E-state index contributed by atoms with van der Waals surface area (Å²) in [5, 5.41) is 3.15. The van der Waals surface area contributed by atoms with Crippen LogP contribution in [0.2, 0.25) is 0 Å². The molecule has 0 bridgehead atoms. The summed E-state index contributed by atoms with van der Waals surface area (Å²) < 4.78 is 37.9. The SMILES string of the molecule is CCOC(=O)C1Cc2cc(S(=O)(=O)N3CCCC(NC)C3)ccc2O1. The first-order valence-corrected chi connectivity index (χ1v) is 10.0. The largest absolute Gasteiger partial charge is 0.478 e. The Bertz CT molecular complexity index is 749. The molecule has 2 aliphatic heterocycles. The lowest BCUT2D eigenvalue weighted by atomic mass is 10.1. The number of nitrogens with one attached hydrogen (secondary N) is 1. The number of piperidine rings is 1. The van der Waals surface area contributed by atoms with Gasteiger partial charge in [-0.3, -0.25) is 0 Å². The zero-order valence-electron chi connectivity index (χ0n) is 14.5. The van der Waals surface area contributed by atoms with Crippen LogP contribution in [0.25, 0.3) is 0 Å². The molecule has 2 heterocycles. The minimum Gasteiger partial charge on any atom is -0.478 e. The summed E-state index contributed by atoms with van der Waals surface area (Å²) in [6.07, 6.45) is 1.44. The highest BCUT2D eigenvalue weighted by molar-refractivity contribution is 7.89. The quantitative estimate of drug-likeness (QED) is 0.778. The Labute approximate surface area is 148 Å². The van der Waals surface area contributed by atoms with Crippen LogP contribution < -0.4 is 10.1 Å². The summed E-state index contributed by atoms with van der Waals surface area (Å²) in [4.78, 5) is 12.1. The average molecular weight is 368 g/mol. The molecule has 0 saturated carbocycles. The molecule has 138 valence electrons. The van der Waals surface area contributed by atoms with E-state index in [-0.39, 0.29) is 17.5 Å². The first-order valence-electron chi connectivity index (χ1n) is 8.59. The third-order valence-corrected chi connectivity index (χ3v) is 6.55. The van der Waals surface area contributed by atoms with Gasteiger partial charge in [0.15, 0.2) is 6.10 Å². The second-order valence-corrected chi connectivity index (χ2v) is 8.26. The van der Waals surface area contributed by atoms with Crippen molar-refractivity contribution >= 4 is 16.0 Å². The van der Waals surface area contributed by atoms with Gasteiger partial charge >= 0.3 is 5.97 Å². The Morgan fingerprint density at radius 2 is 2.24 bits per heavy atom. The van der Waals surface area contributed by atoms with E-state index < -0.39 is 22.1 Å². The van der Waals surface area contributed by atoms with Gasteiger partial charge in [0, 0.05) is 25.6 Å². The van der Waals surface area contributed by atoms with E-state index in [4.69, 9.17) is 9.47 Å². The number of ether oxygens (including phenoxy) is 2. The van der Waals surface area contributed by atoms with Crippen molar-refractivity contribution in [2.45, 2.75) is 43.2 Å². The second kappa shape index (κ2) is 7.31. The average Bonchev–Trinajstić information content (AvgIpc) is 3.05. The molecule has 2 atom stereocenters. The Morgan fingerprint density at radius 3 is 2.96 bits per heavy atom. The summed E-state index contributed by atoms with van der Waals surface area (Å²) in [5.41, 5.74) is 0.723. The van der Waals surface area contributed by atoms with Gasteiger partial charge in [0.25, 0.3) is 0 Å². The maximum Gasteiger partial charge on any atom is 0.347 e. The van der Waals surface area contributed by atoms with Crippen LogP contribution in [0, 0.1) is 0 Å². The summed E-state index contributed by atoms with van der Waals surface area (Å²) in [6, 6.07) is 4.97. The van der Waals surface area contributed by atoms with Crippen molar-refractivity contribution in [1.29, 1.82) is 0 Å². The number of nitrogens with zero attached hydrogens (tertiary/aromatic N) is 1. The van der Waals surface area contributed by atoms with Crippen LogP contribution in [-0.4, -0.2) is 57.6 Å². The number of hydrogen-bond donors (Lipinski definition) is 1. The maximum absolute atomic E-state index is 12.9. The molecule has 1 N–H and O–H groups in total. The van der Waals surface area contributed by atoms with Crippen LogP contribution in [0.15, 0.2) is 23.1 Å². The minimum atomic E-state index is -3.55. The molecule has 7 nitrogen and oxygen atoms in total. The second-order valence-electron chi connectivity index (χ2n) is 6.32. The highest BCUT2D eigenvalue weighted by Crippen LogP contribution is 2.32. The Morgan fingerprint density at radius 1 is 1.44 bits per heavy atom. The number of sulfonamides is 1. The van der Waals surface area contributed by atoms with Crippen molar-refractivity contribution in [3.05, 3.63) is 23.8 Å². The van der Waals surface area contributed by atoms with Crippen LogP contribution >= 0.6 is 0 Å². The maximum atomic E-state index is 12.9. The summed E-state index contributed by atoms with van der Waals surface area (Å²) >= 11 is 0. The summed E-state index contributed by atoms with van der Waals surface area (Å²) in [7, 11) is -1.70. The van der Waals surface area contributed by atoms with Crippen molar-refractivity contribution in [3.8, 4) is 5.75 Å². The van der Waals surface area contributed by atoms with Gasteiger partial charge in [-0.25, -0.2) is 13.2 Å². The van der Waals surface area contributed by atoms with E-state index in [0.717, 1.165) is 18.4 Å². The highest BCUT2D eigenvalue weighted by Gasteiger charge is 2.34. The van der Waals surface area contributed by atoms with Crippen LogP contribution in [0.5, 0.6) is 5.75 Å². The summed E-state index contributed by atoms with van der Waals surface area (Å²) in [6.45, 7) is 3.02. The molecule has 0 spiro atoms. The van der Waals surface area contributed by atoms with Gasteiger partial charge in [0.1, 0.15) is 5.75 Å². The molecule has 1 aromatic carbocycles. The number of hydrogen-bond acceptors (Lipinski definition) is 6. The molecule has 1 fully saturated rings. The number of benzene rings is 1. The number of carbonyl (C=O) groups is 1. The molecular weight excluding hydrogens is 344 g/mol. The van der Waals surface area contributed by atoms with Gasteiger partial charge in [-0.05, 0) is 50.6 Å². The predicted octanol–water partition coefficient (Wildman–Crippen LogP) is 0.926. The van der Waals surface area contributed by atoms with Gasteiger partial charge in [0.05, 0.1) is 11.5 Å². The van der Waals surface area contributed by atoms with Gasteiger partial charge in [-0.2, -0.15) is 4.31 Å². The Kier molecular flexibility index (Phi) is 5.31. The van der Waals surface area contributed by atoms with Crippen LogP contribution in [0.3, 0.4) is 0 Å². The Hall–Kier alpha value is -1.64. The van der Waals surface area contributed by atoms with E-state index in [1.807, 2.05) is 7.05 Å². The lowest BCUT2D eigenvalue weighted by Crippen LogP contribution is -2.46. The van der Waals surface area contributed by atoms with E-state index in [1.54, 1.807) is 25.1 Å². The third-order valence-electron chi connectivity index (χ3n) is 4.69. The monoisotopic (exact) mass is 368 g/mol. The van der Waals surface area contributed by atoms with Crippen LogP contribution in [0.1, 0.15) is 25.3 Å². The minimum absolute atomic E-state index is 0.175.